The molecular formula is C18H26N2O2. The maximum Gasteiger partial charge on any atom is 0.315 e. The highest BCUT2D eigenvalue weighted by Gasteiger charge is 2.35. The Hall–Kier alpha value is -1.55. The Kier molecular flexibility index (Phi) is 4.67. The van der Waals surface area contributed by atoms with Crippen molar-refractivity contribution >= 4 is 6.03 Å². The standard InChI is InChI=1S/C18H26N2O2/c21-17(20-16-9-3-1-2-4-10-16)19-13-18(22)11-14-7-5-6-8-15(14)12-18/h5-8,16,22H,1-4,9-13H2,(H2,19,20,21). The molecule has 1 aromatic carbocycles. The third kappa shape index (κ3) is 3.80. The Balaban J connectivity index is 1.47. The van der Waals surface area contributed by atoms with Crippen LogP contribution in [-0.4, -0.2) is 29.3 Å². The molecule has 4 heteroatoms. The van der Waals surface area contributed by atoms with E-state index in [0.29, 0.717) is 19.4 Å². The summed E-state index contributed by atoms with van der Waals surface area (Å²) in [7, 11) is 0. The number of aliphatic hydroxyl groups is 1. The fourth-order valence-corrected chi connectivity index (χ4v) is 3.70. The lowest BCUT2D eigenvalue weighted by molar-refractivity contribution is 0.0535. The summed E-state index contributed by atoms with van der Waals surface area (Å²) in [5.41, 5.74) is 1.54. The molecule has 2 aliphatic rings. The quantitative estimate of drug-likeness (QED) is 0.751. The van der Waals surface area contributed by atoms with E-state index in [1.54, 1.807) is 0 Å². The number of fused-ring (bicyclic) bond motifs is 1. The third-order valence-corrected chi connectivity index (χ3v) is 4.93. The second kappa shape index (κ2) is 6.69. The number of nitrogens with one attached hydrogen (secondary N) is 2. The Labute approximate surface area is 132 Å². The summed E-state index contributed by atoms with van der Waals surface area (Å²) >= 11 is 0. The number of carbonyl (C=O) groups is 1. The van der Waals surface area contributed by atoms with Gasteiger partial charge in [0.1, 0.15) is 0 Å². The Morgan fingerprint density at radius 1 is 1.09 bits per heavy atom. The van der Waals surface area contributed by atoms with Crippen LogP contribution in [0, 0.1) is 0 Å². The predicted molar refractivity (Wildman–Crippen MR) is 86.8 cm³/mol. The van der Waals surface area contributed by atoms with Crippen LogP contribution in [0.1, 0.15) is 49.7 Å². The van der Waals surface area contributed by atoms with E-state index >= 15 is 0 Å². The molecule has 1 saturated carbocycles. The Morgan fingerprint density at radius 3 is 2.27 bits per heavy atom. The van der Waals surface area contributed by atoms with Crippen molar-refractivity contribution in [1.29, 1.82) is 0 Å². The van der Waals surface area contributed by atoms with Crippen molar-refractivity contribution in [2.45, 2.75) is 63.0 Å². The van der Waals surface area contributed by atoms with Crippen molar-refractivity contribution < 1.29 is 9.90 Å². The number of carbonyl (C=O) groups excluding carboxylic acids is 1. The summed E-state index contributed by atoms with van der Waals surface area (Å²) in [6.45, 7) is 0.306. The molecule has 2 aliphatic carbocycles. The van der Waals surface area contributed by atoms with Crippen LogP contribution in [-0.2, 0) is 12.8 Å². The number of amides is 2. The highest BCUT2D eigenvalue weighted by atomic mass is 16.3. The van der Waals surface area contributed by atoms with Crippen LogP contribution in [0.2, 0.25) is 0 Å². The van der Waals surface area contributed by atoms with Gasteiger partial charge in [0.2, 0.25) is 0 Å². The minimum atomic E-state index is -0.843. The second-order valence-corrected chi connectivity index (χ2v) is 6.86. The number of hydrogen-bond acceptors (Lipinski definition) is 2. The minimum absolute atomic E-state index is 0.142. The molecule has 0 bridgehead atoms. The van der Waals surface area contributed by atoms with Crippen molar-refractivity contribution in [3.8, 4) is 0 Å². The first-order valence-electron chi connectivity index (χ1n) is 8.48. The van der Waals surface area contributed by atoms with Crippen LogP contribution in [0.15, 0.2) is 24.3 Å². The van der Waals surface area contributed by atoms with E-state index < -0.39 is 5.60 Å². The topological polar surface area (TPSA) is 61.4 Å². The van der Waals surface area contributed by atoms with Crippen molar-refractivity contribution in [2.75, 3.05) is 6.54 Å². The van der Waals surface area contributed by atoms with Gasteiger partial charge in [-0.2, -0.15) is 0 Å². The van der Waals surface area contributed by atoms with Crippen molar-refractivity contribution in [1.82, 2.24) is 10.6 Å². The molecule has 4 nitrogen and oxygen atoms in total. The molecule has 0 unspecified atom stereocenters. The molecule has 0 radical (unpaired) electrons. The van der Waals surface area contributed by atoms with E-state index in [9.17, 15) is 9.90 Å². The number of urea groups is 1. The number of hydrogen-bond donors (Lipinski definition) is 3. The van der Waals surface area contributed by atoms with Gasteiger partial charge in [0, 0.05) is 25.4 Å². The van der Waals surface area contributed by atoms with E-state index in [4.69, 9.17) is 0 Å². The summed E-state index contributed by atoms with van der Waals surface area (Å²) < 4.78 is 0. The second-order valence-electron chi connectivity index (χ2n) is 6.86. The molecule has 120 valence electrons. The lowest BCUT2D eigenvalue weighted by atomic mass is 10.0. The molecule has 0 aromatic heterocycles. The minimum Gasteiger partial charge on any atom is -0.387 e. The molecule has 0 atom stereocenters. The van der Waals surface area contributed by atoms with Crippen LogP contribution in [0.4, 0.5) is 4.79 Å². The molecule has 0 heterocycles. The Morgan fingerprint density at radius 2 is 1.68 bits per heavy atom. The summed E-state index contributed by atoms with van der Waals surface area (Å²) in [4.78, 5) is 12.1. The van der Waals surface area contributed by atoms with Crippen molar-refractivity contribution in [3.05, 3.63) is 35.4 Å². The third-order valence-electron chi connectivity index (χ3n) is 4.93. The van der Waals surface area contributed by atoms with Gasteiger partial charge in [-0.3, -0.25) is 0 Å². The predicted octanol–water partition coefficient (Wildman–Crippen LogP) is 2.54. The van der Waals surface area contributed by atoms with Gasteiger partial charge in [0.25, 0.3) is 0 Å². The van der Waals surface area contributed by atoms with Gasteiger partial charge < -0.3 is 15.7 Å². The zero-order valence-electron chi connectivity index (χ0n) is 13.1. The maximum atomic E-state index is 12.1. The summed E-state index contributed by atoms with van der Waals surface area (Å²) in [5.74, 6) is 0. The van der Waals surface area contributed by atoms with Crippen molar-refractivity contribution in [2.24, 2.45) is 0 Å². The summed E-state index contributed by atoms with van der Waals surface area (Å²) in [5, 5.41) is 16.6. The van der Waals surface area contributed by atoms with Crippen LogP contribution >= 0.6 is 0 Å². The normalized spacial score (nSPS) is 21.0. The first kappa shape index (κ1) is 15.3. The average molecular weight is 302 g/mol. The van der Waals surface area contributed by atoms with E-state index in [2.05, 4.69) is 22.8 Å². The lowest BCUT2D eigenvalue weighted by Crippen LogP contribution is -2.49. The van der Waals surface area contributed by atoms with E-state index in [0.717, 1.165) is 12.8 Å². The monoisotopic (exact) mass is 302 g/mol. The smallest absolute Gasteiger partial charge is 0.315 e. The first-order valence-corrected chi connectivity index (χ1v) is 8.48. The molecule has 1 fully saturated rings. The van der Waals surface area contributed by atoms with Crippen LogP contribution in [0.5, 0.6) is 0 Å². The van der Waals surface area contributed by atoms with E-state index in [-0.39, 0.29) is 12.1 Å². The Bertz CT molecular complexity index is 497. The van der Waals surface area contributed by atoms with Crippen LogP contribution in [0.3, 0.4) is 0 Å². The summed E-state index contributed by atoms with van der Waals surface area (Å²) in [6.07, 6.45) is 8.33. The van der Waals surface area contributed by atoms with Crippen molar-refractivity contribution in [3.63, 3.8) is 0 Å². The van der Waals surface area contributed by atoms with Gasteiger partial charge in [-0.05, 0) is 24.0 Å². The molecule has 1 aromatic rings. The van der Waals surface area contributed by atoms with Gasteiger partial charge in [0.05, 0.1) is 5.60 Å². The molecule has 2 amide bonds. The molecular weight excluding hydrogens is 276 g/mol. The van der Waals surface area contributed by atoms with Gasteiger partial charge in [-0.1, -0.05) is 49.9 Å². The van der Waals surface area contributed by atoms with E-state index in [1.165, 1.54) is 36.8 Å². The highest BCUT2D eigenvalue weighted by Crippen LogP contribution is 2.29. The maximum absolute atomic E-state index is 12.1. The molecule has 3 N–H and O–H groups in total. The number of benzene rings is 1. The molecule has 3 rings (SSSR count). The first-order chi connectivity index (χ1) is 10.6. The van der Waals surface area contributed by atoms with E-state index in [1.807, 2.05) is 12.1 Å². The highest BCUT2D eigenvalue weighted by molar-refractivity contribution is 5.74. The largest absolute Gasteiger partial charge is 0.387 e. The lowest BCUT2D eigenvalue weighted by Gasteiger charge is -2.24. The molecule has 0 saturated heterocycles. The zero-order valence-corrected chi connectivity index (χ0v) is 13.1. The van der Waals surface area contributed by atoms with Gasteiger partial charge in [-0.15, -0.1) is 0 Å². The van der Waals surface area contributed by atoms with Gasteiger partial charge >= 0.3 is 6.03 Å². The average Bonchev–Trinajstić information content (AvgIpc) is 2.66. The summed E-state index contributed by atoms with van der Waals surface area (Å²) in [6, 6.07) is 8.25. The van der Waals surface area contributed by atoms with Crippen LogP contribution < -0.4 is 10.6 Å². The fraction of sp³-hybridized carbons (Fsp3) is 0.611. The SMILES string of the molecule is O=C(NCC1(O)Cc2ccccc2C1)NC1CCCCCC1. The molecule has 0 aliphatic heterocycles. The fourth-order valence-electron chi connectivity index (χ4n) is 3.70. The number of rotatable bonds is 3. The molecule has 22 heavy (non-hydrogen) atoms. The molecule has 0 spiro atoms. The van der Waals surface area contributed by atoms with Gasteiger partial charge in [-0.25, -0.2) is 4.79 Å². The van der Waals surface area contributed by atoms with Gasteiger partial charge in [0.15, 0.2) is 0 Å². The zero-order chi connectivity index (χ0) is 15.4. The van der Waals surface area contributed by atoms with Crippen LogP contribution in [0.25, 0.3) is 0 Å².